The second-order valence-electron chi connectivity index (χ2n) is 5.96. The van der Waals surface area contributed by atoms with Crippen LogP contribution >= 0.6 is 22.6 Å². The Kier molecular flexibility index (Phi) is 0.936. The Morgan fingerprint density at radius 3 is 2.31 bits per heavy atom. The molecule has 0 radical (unpaired) electrons. The first-order chi connectivity index (χ1) is 6.30. The summed E-state index contributed by atoms with van der Waals surface area (Å²) in [6, 6.07) is 0. The van der Waals surface area contributed by atoms with E-state index in [9.17, 15) is 5.11 Å². The van der Waals surface area contributed by atoms with Crippen molar-refractivity contribution in [2.75, 3.05) is 0 Å². The second kappa shape index (κ2) is 1.73. The summed E-state index contributed by atoms with van der Waals surface area (Å²) in [7, 11) is 0. The lowest BCUT2D eigenvalue weighted by Crippen LogP contribution is -2.30. The molecule has 0 saturated heterocycles. The Balaban J connectivity index is 1.86. The van der Waals surface area contributed by atoms with Gasteiger partial charge in [0.15, 0.2) is 0 Å². The molecular formula is C11H13IO. The summed E-state index contributed by atoms with van der Waals surface area (Å²) in [5, 5.41) is 10.2. The average Bonchev–Trinajstić information content (AvgIpc) is 2.78. The number of hydrogen-bond acceptors (Lipinski definition) is 1. The molecule has 13 heavy (non-hydrogen) atoms. The lowest BCUT2D eigenvalue weighted by atomic mass is 9.71. The third-order valence-corrected chi connectivity index (χ3v) is 7.93. The quantitative estimate of drug-likeness (QED) is 0.529. The fourth-order valence-corrected chi connectivity index (χ4v) is 8.49. The summed E-state index contributed by atoms with van der Waals surface area (Å²) < 4.78 is 0.940. The van der Waals surface area contributed by atoms with Crippen molar-refractivity contribution >= 4 is 22.6 Å². The highest BCUT2D eigenvalue weighted by Gasteiger charge is 2.82. The minimum atomic E-state index is 0.125. The molecule has 70 valence electrons. The first-order valence-electron chi connectivity index (χ1n) is 5.63. The molecule has 0 spiro atoms. The van der Waals surface area contributed by atoms with E-state index in [0.717, 1.165) is 51.3 Å². The van der Waals surface area contributed by atoms with Crippen molar-refractivity contribution in [2.45, 2.75) is 16.4 Å². The van der Waals surface area contributed by atoms with Gasteiger partial charge in [-0.2, -0.15) is 0 Å². The standard InChI is InChI=1S/C11H13IO/c12-10-6-2-1-3-4(6)9-8(10)5(2)7(3)11(9)13/h2-11,13H,1H2/t2-,3-,4+,5+,6-,7+,8+,9-,10+,11-/m0/s1. The number of aliphatic hydroxyl groups is 1. The second-order valence-corrected chi connectivity index (χ2v) is 7.40. The van der Waals surface area contributed by atoms with E-state index in [1.54, 1.807) is 0 Å². The van der Waals surface area contributed by atoms with Crippen LogP contribution in [0.15, 0.2) is 0 Å². The molecule has 6 bridgehead atoms. The Morgan fingerprint density at radius 2 is 1.54 bits per heavy atom. The van der Waals surface area contributed by atoms with Gasteiger partial charge >= 0.3 is 0 Å². The summed E-state index contributed by atoms with van der Waals surface area (Å²) in [4.78, 5) is 0. The highest BCUT2D eigenvalue weighted by Crippen LogP contribution is 2.83. The minimum absolute atomic E-state index is 0.125. The van der Waals surface area contributed by atoms with Crippen LogP contribution in [0.1, 0.15) is 6.42 Å². The van der Waals surface area contributed by atoms with Crippen LogP contribution in [-0.2, 0) is 0 Å². The van der Waals surface area contributed by atoms with Crippen molar-refractivity contribution in [3.05, 3.63) is 0 Å². The van der Waals surface area contributed by atoms with E-state index in [-0.39, 0.29) is 6.10 Å². The van der Waals surface area contributed by atoms with Crippen molar-refractivity contribution in [3.8, 4) is 0 Å². The number of aliphatic hydroxyl groups excluding tert-OH is 1. The molecule has 2 heteroatoms. The van der Waals surface area contributed by atoms with E-state index in [4.69, 9.17) is 0 Å². The van der Waals surface area contributed by atoms with Gasteiger partial charge in [0, 0.05) is 3.92 Å². The highest BCUT2D eigenvalue weighted by atomic mass is 127. The number of alkyl halides is 1. The van der Waals surface area contributed by atoms with Crippen LogP contribution in [0.4, 0.5) is 0 Å². The first kappa shape index (κ1) is 7.04. The van der Waals surface area contributed by atoms with E-state index in [2.05, 4.69) is 22.6 Å². The molecule has 0 aromatic rings. The molecule has 6 fully saturated rings. The van der Waals surface area contributed by atoms with Crippen molar-refractivity contribution < 1.29 is 5.11 Å². The van der Waals surface area contributed by atoms with Gasteiger partial charge in [-0.1, -0.05) is 22.6 Å². The molecule has 10 atom stereocenters. The molecule has 0 aromatic heterocycles. The monoisotopic (exact) mass is 288 g/mol. The van der Waals surface area contributed by atoms with Crippen molar-refractivity contribution in [3.63, 3.8) is 0 Å². The van der Waals surface area contributed by atoms with Gasteiger partial charge in [0.1, 0.15) is 0 Å². The fraction of sp³-hybridized carbons (Fsp3) is 1.00. The van der Waals surface area contributed by atoms with Crippen molar-refractivity contribution in [1.29, 1.82) is 0 Å². The molecule has 0 aliphatic heterocycles. The first-order valence-corrected chi connectivity index (χ1v) is 6.87. The molecule has 6 saturated carbocycles. The Bertz CT molecular complexity index is 283. The summed E-state index contributed by atoms with van der Waals surface area (Å²) in [6.07, 6.45) is 1.62. The molecule has 0 heterocycles. The van der Waals surface area contributed by atoms with Gasteiger partial charge in [0.25, 0.3) is 0 Å². The van der Waals surface area contributed by atoms with Crippen LogP contribution < -0.4 is 0 Å². The summed E-state index contributed by atoms with van der Waals surface area (Å²) in [5.74, 6) is 7.48. The zero-order valence-corrected chi connectivity index (χ0v) is 9.46. The number of rotatable bonds is 0. The summed E-state index contributed by atoms with van der Waals surface area (Å²) in [6.45, 7) is 0. The molecule has 0 aromatic carbocycles. The number of hydrogen-bond donors (Lipinski definition) is 1. The third kappa shape index (κ3) is 0.451. The molecule has 1 N–H and O–H groups in total. The third-order valence-electron chi connectivity index (χ3n) is 6.27. The van der Waals surface area contributed by atoms with Crippen LogP contribution in [0.5, 0.6) is 0 Å². The van der Waals surface area contributed by atoms with Crippen LogP contribution in [0.25, 0.3) is 0 Å². The predicted molar refractivity (Wildman–Crippen MR) is 56.4 cm³/mol. The van der Waals surface area contributed by atoms with Gasteiger partial charge in [0.2, 0.25) is 0 Å². The van der Waals surface area contributed by atoms with Crippen molar-refractivity contribution in [2.24, 2.45) is 47.3 Å². The summed E-state index contributed by atoms with van der Waals surface area (Å²) >= 11 is 2.70. The highest BCUT2D eigenvalue weighted by molar-refractivity contribution is 14.1. The lowest BCUT2D eigenvalue weighted by Gasteiger charge is -2.33. The number of halogens is 1. The average molecular weight is 288 g/mol. The van der Waals surface area contributed by atoms with Gasteiger partial charge in [-0.25, -0.2) is 0 Å². The van der Waals surface area contributed by atoms with Crippen LogP contribution in [0.2, 0.25) is 0 Å². The maximum Gasteiger partial charge on any atom is 0.0608 e. The maximum absolute atomic E-state index is 10.2. The largest absolute Gasteiger partial charge is 0.393 e. The Labute approximate surface area is 91.4 Å². The zero-order chi connectivity index (χ0) is 8.48. The molecule has 0 amide bonds. The molecule has 6 aliphatic carbocycles. The molecule has 1 nitrogen and oxygen atoms in total. The normalized spacial score (nSPS) is 85.4. The van der Waals surface area contributed by atoms with Gasteiger partial charge in [-0.05, 0) is 53.8 Å². The predicted octanol–water partition coefficient (Wildman–Crippen LogP) is 1.54. The van der Waals surface area contributed by atoms with E-state index in [1.807, 2.05) is 0 Å². The van der Waals surface area contributed by atoms with E-state index >= 15 is 0 Å². The molecule has 6 rings (SSSR count). The fourth-order valence-electron chi connectivity index (χ4n) is 6.52. The molecule has 0 unspecified atom stereocenters. The van der Waals surface area contributed by atoms with Gasteiger partial charge < -0.3 is 5.11 Å². The van der Waals surface area contributed by atoms with Gasteiger partial charge in [0.05, 0.1) is 6.10 Å². The van der Waals surface area contributed by atoms with Crippen LogP contribution in [0.3, 0.4) is 0 Å². The van der Waals surface area contributed by atoms with Gasteiger partial charge in [-0.3, -0.25) is 0 Å². The topological polar surface area (TPSA) is 20.2 Å². The SMILES string of the molecule is O[C@@H]1[C@@H]2[C@@H]3[C@H](I)[C@H]4[C@H]5C[C@@H]([C@@H]24)[C@@H]1[C@@H]53. The van der Waals surface area contributed by atoms with E-state index in [0.29, 0.717) is 0 Å². The minimum Gasteiger partial charge on any atom is -0.393 e. The van der Waals surface area contributed by atoms with Crippen LogP contribution in [0, 0.1) is 47.3 Å². The Hall–Kier alpha value is 0.690. The van der Waals surface area contributed by atoms with E-state index in [1.165, 1.54) is 6.42 Å². The van der Waals surface area contributed by atoms with E-state index < -0.39 is 0 Å². The summed E-state index contributed by atoms with van der Waals surface area (Å²) in [5.41, 5.74) is 0. The molecular weight excluding hydrogens is 275 g/mol. The van der Waals surface area contributed by atoms with Crippen molar-refractivity contribution in [1.82, 2.24) is 0 Å². The maximum atomic E-state index is 10.2. The van der Waals surface area contributed by atoms with Gasteiger partial charge in [-0.15, -0.1) is 0 Å². The Morgan fingerprint density at radius 1 is 0.846 bits per heavy atom. The smallest absolute Gasteiger partial charge is 0.0608 e. The van der Waals surface area contributed by atoms with Crippen LogP contribution in [-0.4, -0.2) is 15.1 Å². The molecule has 6 aliphatic rings. The lowest BCUT2D eigenvalue weighted by molar-refractivity contribution is 0.116. The zero-order valence-electron chi connectivity index (χ0n) is 7.31.